The Kier molecular flexibility index (Phi) is 7.22. The lowest BCUT2D eigenvalue weighted by Crippen LogP contribution is -2.41. The van der Waals surface area contributed by atoms with Crippen LogP contribution in [0.3, 0.4) is 0 Å². The molecular formula is C20H28FN5O5S. The van der Waals surface area contributed by atoms with Crippen molar-refractivity contribution in [3.8, 4) is 5.75 Å². The molecule has 1 heterocycles. The topological polar surface area (TPSA) is 116 Å². The number of ether oxygens (including phenoxy) is 1. The Morgan fingerprint density at radius 1 is 1.34 bits per heavy atom. The maximum atomic E-state index is 13.2. The lowest BCUT2D eigenvalue weighted by Gasteiger charge is -2.16. The summed E-state index contributed by atoms with van der Waals surface area (Å²) in [5, 5.41) is 4.03. The first-order chi connectivity index (χ1) is 15.2. The van der Waals surface area contributed by atoms with Crippen LogP contribution >= 0.6 is 0 Å². The molecule has 32 heavy (non-hydrogen) atoms. The van der Waals surface area contributed by atoms with Crippen molar-refractivity contribution in [3.05, 3.63) is 34.2 Å². The van der Waals surface area contributed by atoms with Crippen LogP contribution in [-0.4, -0.2) is 56.2 Å². The SMILES string of the molecule is CCCc1cccc(OCCCF)c1S(=O)(=O)NC(=O)n1nc(N(C)C)n(C2CC2)c1=O. The van der Waals surface area contributed by atoms with Gasteiger partial charge in [-0.2, -0.15) is 0 Å². The smallest absolute Gasteiger partial charge is 0.360 e. The van der Waals surface area contributed by atoms with Crippen LogP contribution in [0.15, 0.2) is 27.9 Å². The zero-order chi connectivity index (χ0) is 23.5. The van der Waals surface area contributed by atoms with E-state index >= 15 is 0 Å². The second kappa shape index (κ2) is 9.72. The first-order valence-corrected chi connectivity index (χ1v) is 12.0. The van der Waals surface area contributed by atoms with Gasteiger partial charge in [-0.15, -0.1) is 9.78 Å². The van der Waals surface area contributed by atoms with Gasteiger partial charge in [-0.1, -0.05) is 25.5 Å². The summed E-state index contributed by atoms with van der Waals surface area (Å²) >= 11 is 0. The Labute approximate surface area is 186 Å². The highest BCUT2D eigenvalue weighted by Gasteiger charge is 2.33. The fourth-order valence-corrected chi connectivity index (χ4v) is 4.67. The van der Waals surface area contributed by atoms with Crippen molar-refractivity contribution < 1.29 is 22.3 Å². The number of sulfonamides is 1. The van der Waals surface area contributed by atoms with Gasteiger partial charge in [-0.25, -0.2) is 22.7 Å². The van der Waals surface area contributed by atoms with Crippen LogP contribution in [0.1, 0.15) is 44.2 Å². The molecule has 1 aliphatic rings. The molecular weight excluding hydrogens is 441 g/mol. The molecule has 0 aliphatic heterocycles. The van der Waals surface area contributed by atoms with E-state index in [2.05, 4.69) is 5.10 Å². The molecule has 1 N–H and O–H groups in total. The Hall–Kier alpha value is -2.89. The summed E-state index contributed by atoms with van der Waals surface area (Å²) in [6.07, 6.45) is 2.76. The first-order valence-electron chi connectivity index (χ1n) is 10.5. The van der Waals surface area contributed by atoms with Gasteiger partial charge in [0.1, 0.15) is 10.6 Å². The third-order valence-electron chi connectivity index (χ3n) is 4.90. The number of hydrogen-bond acceptors (Lipinski definition) is 7. The van der Waals surface area contributed by atoms with Crippen LogP contribution in [0, 0.1) is 0 Å². The van der Waals surface area contributed by atoms with Gasteiger partial charge in [-0.05, 0) is 30.9 Å². The Morgan fingerprint density at radius 2 is 2.06 bits per heavy atom. The van der Waals surface area contributed by atoms with E-state index in [0.29, 0.717) is 23.1 Å². The fraction of sp³-hybridized carbons (Fsp3) is 0.550. The minimum absolute atomic E-state index is 0.0139. The van der Waals surface area contributed by atoms with Gasteiger partial charge in [-0.3, -0.25) is 8.96 Å². The highest BCUT2D eigenvalue weighted by Crippen LogP contribution is 2.36. The van der Waals surface area contributed by atoms with Crippen LogP contribution in [0.2, 0.25) is 0 Å². The Balaban J connectivity index is 1.97. The number of nitrogens with one attached hydrogen (secondary N) is 1. The second-order valence-electron chi connectivity index (χ2n) is 7.79. The number of anilines is 1. The number of hydrogen-bond donors (Lipinski definition) is 1. The number of aryl methyl sites for hydroxylation is 1. The molecule has 0 spiro atoms. The lowest BCUT2D eigenvalue weighted by molar-refractivity contribution is 0.243. The molecule has 1 saturated carbocycles. The molecule has 0 saturated heterocycles. The zero-order valence-electron chi connectivity index (χ0n) is 18.4. The van der Waals surface area contributed by atoms with E-state index in [-0.39, 0.29) is 35.7 Å². The number of halogens is 1. The Morgan fingerprint density at radius 3 is 2.66 bits per heavy atom. The summed E-state index contributed by atoms with van der Waals surface area (Å²) in [6, 6.07) is 3.48. The van der Waals surface area contributed by atoms with Crippen LogP contribution in [0.5, 0.6) is 5.75 Å². The number of carbonyl (C=O) groups excluding carboxylic acids is 1. The van der Waals surface area contributed by atoms with Gasteiger partial charge < -0.3 is 9.64 Å². The molecule has 0 bridgehead atoms. The standard InChI is InChI=1S/C20H28FN5O5S/c1-4-7-14-8-5-9-16(31-13-6-12-21)17(14)32(29,30)23-19(27)26-20(28)25(15-10-11-15)18(22-26)24(2)3/h5,8-9,15H,4,6-7,10-13H2,1-3H3,(H,23,27). The number of rotatable bonds is 10. The van der Waals surface area contributed by atoms with Gasteiger partial charge in [0.15, 0.2) is 0 Å². The summed E-state index contributed by atoms with van der Waals surface area (Å²) in [5.74, 6) is 0.293. The second-order valence-corrected chi connectivity index (χ2v) is 9.41. The molecule has 0 unspecified atom stereocenters. The minimum Gasteiger partial charge on any atom is -0.492 e. The van der Waals surface area contributed by atoms with Crippen LogP contribution in [0.4, 0.5) is 15.1 Å². The molecule has 1 aliphatic carbocycles. The summed E-state index contributed by atoms with van der Waals surface area (Å²) in [4.78, 5) is 27.0. The quantitative estimate of drug-likeness (QED) is 0.530. The average Bonchev–Trinajstić information content (AvgIpc) is 3.49. The highest BCUT2D eigenvalue weighted by atomic mass is 32.2. The van der Waals surface area contributed by atoms with Crippen molar-refractivity contribution in [2.45, 2.75) is 50.0 Å². The average molecular weight is 470 g/mol. The van der Waals surface area contributed by atoms with Crippen molar-refractivity contribution in [1.82, 2.24) is 19.1 Å². The Bertz CT molecular complexity index is 1140. The van der Waals surface area contributed by atoms with Gasteiger partial charge in [0.05, 0.1) is 13.3 Å². The molecule has 1 fully saturated rings. The zero-order valence-corrected chi connectivity index (χ0v) is 19.2. The van der Waals surface area contributed by atoms with E-state index in [1.54, 1.807) is 31.1 Å². The van der Waals surface area contributed by atoms with Crippen LogP contribution < -0.4 is 20.0 Å². The summed E-state index contributed by atoms with van der Waals surface area (Å²) in [7, 11) is -1.05. The maximum Gasteiger partial charge on any atom is 0.360 e. The predicted octanol–water partition coefficient (Wildman–Crippen LogP) is 2.08. The van der Waals surface area contributed by atoms with Crippen molar-refractivity contribution in [2.24, 2.45) is 0 Å². The van der Waals surface area contributed by atoms with Gasteiger partial charge in [0.2, 0.25) is 5.95 Å². The van der Waals surface area contributed by atoms with E-state index in [4.69, 9.17) is 4.74 Å². The molecule has 0 atom stereocenters. The van der Waals surface area contributed by atoms with Crippen molar-refractivity contribution >= 4 is 22.0 Å². The first kappa shape index (κ1) is 23.8. The molecule has 1 amide bonds. The number of aromatic nitrogens is 3. The molecule has 176 valence electrons. The molecule has 0 radical (unpaired) electrons. The highest BCUT2D eigenvalue weighted by molar-refractivity contribution is 7.90. The largest absolute Gasteiger partial charge is 0.492 e. The number of nitrogens with zero attached hydrogens (tertiary/aromatic N) is 4. The summed E-state index contributed by atoms with van der Waals surface area (Å²) in [5.41, 5.74) is -0.249. The van der Waals surface area contributed by atoms with Gasteiger partial charge in [0, 0.05) is 26.6 Å². The van der Waals surface area contributed by atoms with Crippen molar-refractivity contribution in [1.29, 1.82) is 0 Å². The molecule has 1 aromatic heterocycles. The lowest BCUT2D eigenvalue weighted by atomic mass is 10.1. The molecule has 10 nitrogen and oxygen atoms in total. The third-order valence-corrected chi connectivity index (χ3v) is 6.35. The van der Waals surface area contributed by atoms with Gasteiger partial charge in [0.25, 0.3) is 10.0 Å². The number of benzene rings is 1. The number of carbonyl (C=O) groups is 1. The summed E-state index contributed by atoms with van der Waals surface area (Å²) in [6.45, 7) is 1.27. The van der Waals surface area contributed by atoms with Crippen molar-refractivity contribution in [2.75, 3.05) is 32.3 Å². The van der Waals surface area contributed by atoms with Crippen LogP contribution in [0.25, 0.3) is 0 Å². The van der Waals surface area contributed by atoms with Gasteiger partial charge >= 0.3 is 11.7 Å². The monoisotopic (exact) mass is 469 g/mol. The number of amides is 1. The maximum absolute atomic E-state index is 13.2. The number of alkyl halides is 1. The van der Waals surface area contributed by atoms with E-state index in [1.165, 1.54) is 10.6 Å². The predicted molar refractivity (Wildman–Crippen MR) is 117 cm³/mol. The summed E-state index contributed by atoms with van der Waals surface area (Å²) < 4.78 is 48.2. The molecule has 3 rings (SSSR count). The molecule has 12 heteroatoms. The molecule has 1 aromatic carbocycles. The minimum atomic E-state index is -4.41. The van der Waals surface area contributed by atoms with E-state index in [9.17, 15) is 22.4 Å². The molecule has 2 aromatic rings. The van der Waals surface area contributed by atoms with E-state index in [0.717, 1.165) is 12.8 Å². The van der Waals surface area contributed by atoms with E-state index in [1.807, 2.05) is 11.6 Å². The van der Waals surface area contributed by atoms with Crippen molar-refractivity contribution in [3.63, 3.8) is 0 Å². The van der Waals surface area contributed by atoms with E-state index < -0.39 is 28.4 Å². The normalized spacial score (nSPS) is 13.8. The fourth-order valence-electron chi connectivity index (χ4n) is 3.35. The van der Waals surface area contributed by atoms with Crippen LogP contribution in [-0.2, 0) is 16.4 Å². The third kappa shape index (κ3) is 4.95.